The number of imide groups is 1. The molecular weight excluding hydrogens is 320 g/mol. The van der Waals surface area contributed by atoms with Crippen LogP contribution in [0, 0.1) is 0 Å². The maximum Gasteiger partial charge on any atom is 0.265 e. The molecule has 0 aliphatic carbocycles. The number of fused-ring (bicyclic) bond motifs is 1. The molecule has 0 spiro atoms. The molecule has 0 radical (unpaired) electrons. The highest BCUT2D eigenvalue weighted by atomic mass is 32.2. The van der Waals surface area contributed by atoms with Gasteiger partial charge in [-0.2, -0.15) is 0 Å². The van der Waals surface area contributed by atoms with Gasteiger partial charge < -0.3 is 0 Å². The summed E-state index contributed by atoms with van der Waals surface area (Å²) >= 11 is 0. The van der Waals surface area contributed by atoms with Crippen LogP contribution in [0.1, 0.15) is 20.7 Å². The SMILES string of the molecule is CN1C(=O)c2ccc(S(=O)(=O)N(C)c3cnccn3)cc2C1=O. The topological polar surface area (TPSA) is 101 Å². The molecule has 2 amide bonds. The highest BCUT2D eigenvalue weighted by molar-refractivity contribution is 7.92. The van der Waals surface area contributed by atoms with E-state index in [-0.39, 0.29) is 21.8 Å². The van der Waals surface area contributed by atoms with Crippen LogP contribution in [0.3, 0.4) is 0 Å². The van der Waals surface area contributed by atoms with Gasteiger partial charge in [-0.1, -0.05) is 0 Å². The van der Waals surface area contributed by atoms with Gasteiger partial charge in [-0.05, 0) is 18.2 Å². The average Bonchev–Trinajstić information content (AvgIpc) is 2.79. The third-order valence-electron chi connectivity index (χ3n) is 3.59. The summed E-state index contributed by atoms with van der Waals surface area (Å²) in [6, 6.07) is 3.85. The van der Waals surface area contributed by atoms with Crippen LogP contribution in [-0.4, -0.2) is 49.2 Å². The molecular formula is C14H12N4O4S. The molecule has 8 nitrogen and oxygen atoms in total. The van der Waals surface area contributed by atoms with Crippen molar-refractivity contribution in [3.8, 4) is 0 Å². The van der Waals surface area contributed by atoms with Gasteiger partial charge in [-0.15, -0.1) is 0 Å². The normalized spacial score (nSPS) is 14.1. The molecule has 0 saturated carbocycles. The number of nitrogens with zero attached hydrogens (tertiary/aromatic N) is 4. The fourth-order valence-corrected chi connectivity index (χ4v) is 3.40. The molecule has 0 atom stereocenters. The monoisotopic (exact) mass is 332 g/mol. The summed E-state index contributed by atoms with van der Waals surface area (Å²) in [5.74, 6) is -0.826. The lowest BCUT2D eigenvalue weighted by molar-refractivity contribution is 0.0693. The third-order valence-corrected chi connectivity index (χ3v) is 5.35. The first-order valence-electron chi connectivity index (χ1n) is 6.55. The summed E-state index contributed by atoms with van der Waals surface area (Å²) in [5, 5.41) is 0. The molecule has 0 N–H and O–H groups in total. The molecule has 9 heteroatoms. The van der Waals surface area contributed by atoms with E-state index in [0.717, 1.165) is 9.21 Å². The zero-order chi connectivity index (χ0) is 16.8. The number of anilines is 1. The quantitative estimate of drug-likeness (QED) is 0.760. The lowest BCUT2D eigenvalue weighted by Crippen LogP contribution is -2.27. The maximum absolute atomic E-state index is 12.7. The zero-order valence-electron chi connectivity index (χ0n) is 12.3. The Balaban J connectivity index is 2.06. The third kappa shape index (κ3) is 2.25. The molecule has 118 valence electrons. The highest BCUT2D eigenvalue weighted by Gasteiger charge is 2.34. The van der Waals surface area contributed by atoms with Gasteiger partial charge >= 0.3 is 0 Å². The van der Waals surface area contributed by atoms with E-state index in [1.807, 2.05) is 0 Å². The molecule has 2 aromatic rings. The van der Waals surface area contributed by atoms with Crippen molar-refractivity contribution in [2.24, 2.45) is 0 Å². The molecule has 0 fully saturated rings. The predicted molar refractivity (Wildman–Crippen MR) is 80.5 cm³/mol. The average molecular weight is 332 g/mol. The van der Waals surface area contributed by atoms with Crippen molar-refractivity contribution in [1.29, 1.82) is 0 Å². The number of amides is 2. The van der Waals surface area contributed by atoms with Crippen molar-refractivity contribution in [2.75, 3.05) is 18.4 Å². The number of carbonyl (C=O) groups excluding carboxylic acids is 2. The molecule has 1 aliphatic rings. The summed E-state index contributed by atoms with van der Waals surface area (Å²) in [6.07, 6.45) is 4.12. The number of hydrogen-bond acceptors (Lipinski definition) is 6. The Morgan fingerprint density at radius 2 is 1.78 bits per heavy atom. The van der Waals surface area contributed by atoms with Crippen molar-refractivity contribution in [1.82, 2.24) is 14.9 Å². The molecule has 0 unspecified atom stereocenters. The first-order valence-corrected chi connectivity index (χ1v) is 7.99. The fourth-order valence-electron chi connectivity index (χ4n) is 2.24. The minimum absolute atomic E-state index is 0.0751. The maximum atomic E-state index is 12.7. The molecule has 1 aromatic heterocycles. The largest absolute Gasteiger partial charge is 0.277 e. The van der Waals surface area contributed by atoms with Crippen LogP contribution in [-0.2, 0) is 10.0 Å². The summed E-state index contributed by atoms with van der Waals surface area (Å²) < 4.78 is 26.3. The van der Waals surface area contributed by atoms with Crippen molar-refractivity contribution >= 4 is 27.7 Å². The van der Waals surface area contributed by atoms with E-state index < -0.39 is 21.8 Å². The number of sulfonamides is 1. The Morgan fingerprint density at radius 1 is 1.09 bits per heavy atom. The first kappa shape index (κ1) is 15.1. The summed E-state index contributed by atoms with van der Waals surface area (Å²) in [5.41, 5.74) is 0.268. The summed E-state index contributed by atoms with van der Waals surface area (Å²) in [7, 11) is -1.23. The zero-order valence-corrected chi connectivity index (χ0v) is 13.1. The van der Waals surface area contributed by atoms with Crippen molar-refractivity contribution in [3.05, 3.63) is 47.9 Å². The number of benzene rings is 1. The summed E-state index contributed by atoms with van der Waals surface area (Å²) in [6.45, 7) is 0. The van der Waals surface area contributed by atoms with Gasteiger partial charge in [0.2, 0.25) is 0 Å². The van der Waals surface area contributed by atoms with Crippen LogP contribution in [0.2, 0.25) is 0 Å². The molecule has 23 heavy (non-hydrogen) atoms. The van der Waals surface area contributed by atoms with Gasteiger partial charge in [0, 0.05) is 26.5 Å². The van der Waals surface area contributed by atoms with Crippen molar-refractivity contribution in [3.63, 3.8) is 0 Å². The Labute approximate surface area is 132 Å². The van der Waals surface area contributed by atoms with E-state index in [1.54, 1.807) is 0 Å². The lowest BCUT2D eigenvalue weighted by Gasteiger charge is -2.18. The van der Waals surface area contributed by atoms with E-state index in [2.05, 4.69) is 9.97 Å². The van der Waals surface area contributed by atoms with Crippen molar-refractivity contribution in [2.45, 2.75) is 4.90 Å². The Kier molecular flexibility index (Phi) is 3.37. The van der Waals surface area contributed by atoms with Gasteiger partial charge in [0.1, 0.15) is 0 Å². The van der Waals surface area contributed by atoms with Crippen LogP contribution in [0.15, 0.2) is 41.7 Å². The standard InChI is InChI=1S/C14H12N4O4S/c1-17-13(19)10-4-3-9(7-11(10)14(17)20)23(21,22)18(2)12-8-15-5-6-16-12/h3-8H,1-2H3. The van der Waals surface area contributed by atoms with Crippen LogP contribution in [0.4, 0.5) is 5.82 Å². The lowest BCUT2D eigenvalue weighted by atomic mass is 10.1. The second-order valence-corrected chi connectivity index (χ2v) is 6.88. The number of rotatable bonds is 3. The fraction of sp³-hybridized carbons (Fsp3) is 0.143. The Hall–Kier alpha value is -2.81. The van der Waals surface area contributed by atoms with Gasteiger partial charge in [0.25, 0.3) is 21.8 Å². The van der Waals surface area contributed by atoms with Gasteiger partial charge in [0.15, 0.2) is 5.82 Å². The molecule has 3 rings (SSSR count). The molecule has 0 saturated heterocycles. The van der Waals surface area contributed by atoms with E-state index in [1.165, 1.54) is 50.9 Å². The first-order chi connectivity index (χ1) is 10.8. The van der Waals surface area contributed by atoms with Gasteiger partial charge in [0.05, 0.1) is 22.2 Å². The van der Waals surface area contributed by atoms with Crippen LogP contribution < -0.4 is 4.31 Å². The minimum atomic E-state index is -3.92. The van der Waals surface area contributed by atoms with E-state index in [4.69, 9.17) is 0 Å². The van der Waals surface area contributed by atoms with Crippen LogP contribution >= 0.6 is 0 Å². The molecule has 1 aliphatic heterocycles. The van der Waals surface area contributed by atoms with E-state index in [0.29, 0.717) is 0 Å². The van der Waals surface area contributed by atoms with Gasteiger partial charge in [-0.3, -0.25) is 23.8 Å². The minimum Gasteiger partial charge on any atom is -0.277 e. The molecule has 2 heterocycles. The van der Waals surface area contributed by atoms with E-state index in [9.17, 15) is 18.0 Å². The molecule has 0 bridgehead atoms. The van der Waals surface area contributed by atoms with E-state index >= 15 is 0 Å². The van der Waals surface area contributed by atoms with Crippen molar-refractivity contribution < 1.29 is 18.0 Å². The Bertz CT molecular complexity index is 912. The number of aromatic nitrogens is 2. The number of carbonyl (C=O) groups is 2. The smallest absolute Gasteiger partial charge is 0.265 e. The second kappa shape index (κ2) is 5.13. The highest BCUT2D eigenvalue weighted by Crippen LogP contribution is 2.26. The Morgan fingerprint density at radius 3 is 2.43 bits per heavy atom. The number of hydrogen-bond donors (Lipinski definition) is 0. The second-order valence-electron chi connectivity index (χ2n) is 4.91. The van der Waals surface area contributed by atoms with Gasteiger partial charge in [-0.25, -0.2) is 13.4 Å². The molecule has 1 aromatic carbocycles. The van der Waals surface area contributed by atoms with Crippen LogP contribution in [0.5, 0.6) is 0 Å². The summed E-state index contributed by atoms with van der Waals surface area (Å²) in [4.78, 5) is 32.5. The predicted octanol–water partition coefficient (Wildman–Crippen LogP) is 0.528. The van der Waals surface area contributed by atoms with Crippen LogP contribution in [0.25, 0.3) is 0 Å².